The van der Waals surface area contributed by atoms with Crippen LogP contribution in [0.2, 0.25) is 0 Å². The van der Waals surface area contributed by atoms with Gasteiger partial charge in [-0.15, -0.1) is 0 Å². The minimum atomic E-state index is 0.850. The molecular formula is C13H19BrN2S. The minimum Gasteiger partial charge on any atom is -0.398 e. The van der Waals surface area contributed by atoms with E-state index in [2.05, 4.69) is 33.2 Å². The molecule has 1 fully saturated rings. The lowest BCUT2D eigenvalue weighted by molar-refractivity contribution is 0.225. The molecule has 0 spiro atoms. The van der Waals surface area contributed by atoms with Gasteiger partial charge in [-0.25, -0.2) is 0 Å². The number of anilines is 1. The molecule has 1 aromatic carbocycles. The molecule has 2 rings (SSSR count). The van der Waals surface area contributed by atoms with Crippen LogP contribution < -0.4 is 5.73 Å². The summed E-state index contributed by atoms with van der Waals surface area (Å²) in [5.41, 5.74) is 8.16. The van der Waals surface area contributed by atoms with Gasteiger partial charge in [-0.1, -0.05) is 22.0 Å². The van der Waals surface area contributed by atoms with Gasteiger partial charge in [0, 0.05) is 27.5 Å². The second kappa shape index (κ2) is 6.12. The summed E-state index contributed by atoms with van der Waals surface area (Å²) in [5, 5.41) is 0.850. The van der Waals surface area contributed by atoms with Gasteiger partial charge in [-0.3, -0.25) is 4.90 Å². The van der Waals surface area contributed by atoms with E-state index in [-0.39, 0.29) is 0 Å². The van der Waals surface area contributed by atoms with Crippen LogP contribution in [0.25, 0.3) is 0 Å². The van der Waals surface area contributed by atoms with E-state index in [1.807, 2.05) is 23.9 Å². The molecule has 0 bridgehead atoms. The summed E-state index contributed by atoms with van der Waals surface area (Å²) in [5.74, 6) is 0. The lowest BCUT2D eigenvalue weighted by Gasteiger charge is -2.31. The third kappa shape index (κ3) is 3.39. The van der Waals surface area contributed by atoms with Crippen molar-refractivity contribution >= 4 is 33.4 Å². The van der Waals surface area contributed by atoms with Gasteiger partial charge < -0.3 is 5.73 Å². The number of piperidine rings is 1. The third-order valence-electron chi connectivity index (χ3n) is 3.40. The van der Waals surface area contributed by atoms with E-state index in [0.29, 0.717) is 0 Å². The second-order valence-electron chi connectivity index (χ2n) is 4.52. The van der Waals surface area contributed by atoms with Crippen LogP contribution in [-0.2, 0) is 6.54 Å². The van der Waals surface area contributed by atoms with Gasteiger partial charge in [-0.2, -0.15) is 11.8 Å². The molecule has 0 radical (unpaired) electrons. The summed E-state index contributed by atoms with van der Waals surface area (Å²) >= 11 is 5.59. The fraction of sp³-hybridized carbons (Fsp3) is 0.538. The number of hydrogen-bond acceptors (Lipinski definition) is 3. The molecule has 94 valence electrons. The Morgan fingerprint density at radius 3 is 2.71 bits per heavy atom. The van der Waals surface area contributed by atoms with Gasteiger partial charge >= 0.3 is 0 Å². The molecule has 1 heterocycles. The molecule has 17 heavy (non-hydrogen) atoms. The predicted octanol–water partition coefficient (Wildman–Crippen LogP) is 3.36. The molecule has 0 aliphatic carbocycles. The molecule has 1 aromatic rings. The summed E-state index contributed by atoms with van der Waals surface area (Å²) in [6.45, 7) is 3.34. The van der Waals surface area contributed by atoms with E-state index in [0.717, 1.165) is 22.0 Å². The Hall–Kier alpha value is -0.190. The van der Waals surface area contributed by atoms with Crippen LogP contribution in [0.5, 0.6) is 0 Å². The smallest absolute Gasteiger partial charge is 0.0371 e. The van der Waals surface area contributed by atoms with Crippen LogP contribution >= 0.6 is 27.7 Å². The van der Waals surface area contributed by atoms with Gasteiger partial charge in [0.25, 0.3) is 0 Å². The van der Waals surface area contributed by atoms with Crippen LogP contribution in [0.1, 0.15) is 18.4 Å². The molecule has 0 saturated carbocycles. The van der Waals surface area contributed by atoms with Gasteiger partial charge in [0.05, 0.1) is 0 Å². The molecule has 2 N–H and O–H groups in total. The zero-order chi connectivity index (χ0) is 12.3. The summed E-state index contributed by atoms with van der Waals surface area (Å²) < 4.78 is 1.13. The average Bonchev–Trinajstić information content (AvgIpc) is 2.35. The van der Waals surface area contributed by atoms with Crippen molar-refractivity contribution in [1.29, 1.82) is 0 Å². The average molecular weight is 315 g/mol. The monoisotopic (exact) mass is 314 g/mol. The van der Waals surface area contributed by atoms with Crippen LogP contribution in [0, 0.1) is 0 Å². The second-order valence-corrected chi connectivity index (χ2v) is 6.51. The molecule has 1 aliphatic heterocycles. The molecule has 0 aromatic heterocycles. The quantitative estimate of drug-likeness (QED) is 0.867. The Morgan fingerprint density at radius 1 is 1.41 bits per heavy atom. The van der Waals surface area contributed by atoms with Crippen molar-refractivity contribution in [3.8, 4) is 0 Å². The van der Waals surface area contributed by atoms with Gasteiger partial charge in [0.1, 0.15) is 0 Å². The zero-order valence-electron chi connectivity index (χ0n) is 10.2. The number of nitrogens with zero attached hydrogens (tertiary/aromatic N) is 1. The maximum absolute atomic E-state index is 6.03. The van der Waals surface area contributed by atoms with Crippen LogP contribution in [-0.4, -0.2) is 29.5 Å². The number of nitrogen functional groups attached to an aromatic ring is 1. The fourth-order valence-electron chi connectivity index (χ4n) is 2.27. The summed E-state index contributed by atoms with van der Waals surface area (Å²) in [6, 6.07) is 6.04. The van der Waals surface area contributed by atoms with E-state index < -0.39 is 0 Å². The van der Waals surface area contributed by atoms with Crippen molar-refractivity contribution in [3.63, 3.8) is 0 Å². The number of hydrogen-bond donors (Lipinski definition) is 1. The van der Waals surface area contributed by atoms with E-state index in [1.54, 1.807) is 0 Å². The molecule has 0 amide bonds. The number of rotatable bonds is 3. The number of nitrogens with two attached hydrogens (primary N) is 1. The first-order chi connectivity index (χ1) is 8.20. The van der Waals surface area contributed by atoms with Gasteiger partial charge in [-0.05, 0) is 44.3 Å². The SMILES string of the molecule is CSC1CCN(Cc2c(N)cccc2Br)CC1. The molecule has 0 unspecified atom stereocenters. The van der Waals surface area contributed by atoms with Gasteiger partial charge in [0.15, 0.2) is 0 Å². The number of likely N-dealkylation sites (tertiary alicyclic amines) is 1. The van der Waals surface area contributed by atoms with Crippen molar-refractivity contribution < 1.29 is 0 Å². The Kier molecular flexibility index (Phi) is 4.77. The van der Waals surface area contributed by atoms with Crippen molar-refractivity contribution in [2.45, 2.75) is 24.6 Å². The molecule has 1 saturated heterocycles. The number of thioether (sulfide) groups is 1. The van der Waals surface area contributed by atoms with Gasteiger partial charge in [0.2, 0.25) is 0 Å². The number of halogens is 1. The molecule has 2 nitrogen and oxygen atoms in total. The van der Waals surface area contributed by atoms with E-state index in [4.69, 9.17) is 5.73 Å². The maximum atomic E-state index is 6.03. The highest BCUT2D eigenvalue weighted by atomic mass is 79.9. The standard InChI is InChI=1S/C13H19BrN2S/c1-17-10-5-7-16(8-6-10)9-11-12(14)3-2-4-13(11)15/h2-4,10H,5-9,15H2,1H3. The first-order valence-electron chi connectivity index (χ1n) is 5.98. The highest BCUT2D eigenvalue weighted by Gasteiger charge is 2.19. The van der Waals surface area contributed by atoms with Crippen LogP contribution in [0.3, 0.4) is 0 Å². The topological polar surface area (TPSA) is 29.3 Å². The zero-order valence-corrected chi connectivity index (χ0v) is 12.6. The Bertz CT molecular complexity index is 355. The Balaban J connectivity index is 1.98. The summed E-state index contributed by atoms with van der Waals surface area (Å²) in [6.07, 6.45) is 4.81. The lowest BCUT2D eigenvalue weighted by Crippen LogP contribution is -2.34. The van der Waals surface area contributed by atoms with E-state index in [9.17, 15) is 0 Å². The van der Waals surface area contributed by atoms with Crippen molar-refractivity contribution in [2.75, 3.05) is 25.1 Å². The molecule has 4 heteroatoms. The van der Waals surface area contributed by atoms with Crippen molar-refractivity contribution in [3.05, 3.63) is 28.2 Å². The Morgan fingerprint density at radius 2 is 2.12 bits per heavy atom. The first-order valence-corrected chi connectivity index (χ1v) is 8.07. The highest BCUT2D eigenvalue weighted by Crippen LogP contribution is 2.27. The first kappa shape index (κ1) is 13.2. The lowest BCUT2D eigenvalue weighted by atomic mass is 10.1. The summed E-state index contributed by atoms with van der Waals surface area (Å²) in [7, 11) is 0. The van der Waals surface area contributed by atoms with Crippen LogP contribution in [0.15, 0.2) is 22.7 Å². The Labute approximate surface area is 116 Å². The van der Waals surface area contributed by atoms with E-state index >= 15 is 0 Å². The van der Waals surface area contributed by atoms with Crippen molar-refractivity contribution in [1.82, 2.24) is 4.90 Å². The minimum absolute atomic E-state index is 0.850. The third-order valence-corrected chi connectivity index (χ3v) is 5.29. The highest BCUT2D eigenvalue weighted by molar-refractivity contribution is 9.10. The normalized spacial score (nSPS) is 18.5. The summed E-state index contributed by atoms with van der Waals surface area (Å²) in [4.78, 5) is 2.50. The van der Waals surface area contributed by atoms with Crippen LogP contribution in [0.4, 0.5) is 5.69 Å². The predicted molar refractivity (Wildman–Crippen MR) is 80.4 cm³/mol. The van der Waals surface area contributed by atoms with Crippen molar-refractivity contribution in [2.24, 2.45) is 0 Å². The molecule has 1 aliphatic rings. The maximum Gasteiger partial charge on any atom is 0.0371 e. The largest absolute Gasteiger partial charge is 0.398 e. The molecular weight excluding hydrogens is 296 g/mol. The van der Waals surface area contributed by atoms with E-state index in [1.165, 1.54) is 31.5 Å². The number of benzene rings is 1. The fourth-order valence-corrected chi connectivity index (χ4v) is 3.46. The molecule has 0 atom stereocenters.